The van der Waals surface area contributed by atoms with E-state index < -0.39 is 0 Å². The van der Waals surface area contributed by atoms with Crippen molar-refractivity contribution in [2.75, 3.05) is 4.90 Å². The predicted molar refractivity (Wildman–Crippen MR) is 139 cm³/mol. The summed E-state index contributed by atoms with van der Waals surface area (Å²) < 4.78 is 6.14. The third-order valence-corrected chi connectivity index (χ3v) is 7.29. The summed E-state index contributed by atoms with van der Waals surface area (Å²) in [5.41, 5.74) is 4.52. The summed E-state index contributed by atoms with van der Waals surface area (Å²) in [6.07, 6.45) is 0. The highest BCUT2D eigenvalue weighted by atomic mass is 35.5. The van der Waals surface area contributed by atoms with Crippen molar-refractivity contribution in [2.24, 2.45) is 0 Å². The van der Waals surface area contributed by atoms with Gasteiger partial charge in [-0.25, -0.2) is 0 Å². The molecule has 0 aliphatic carbocycles. The highest BCUT2D eigenvalue weighted by Crippen LogP contribution is 2.48. The van der Waals surface area contributed by atoms with Crippen LogP contribution in [-0.2, 0) is 6.61 Å². The van der Waals surface area contributed by atoms with E-state index in [4.69, 9.17) is 16.3 Å². The third-order valence-electron chi connectivity index (χ3n) is 5.82. The van der Waals surface area contributed by atoms with Gasteiger partial charge in [0.1, 0.15) is 12.4 Å². The summed E-state index contributed by atoms with van der Waals surface area (Å²) in [5.74, 6) is 0.826. The molecule has 160 valence electrons. The topological polar surface area (TPSA) is 12.5 Å². The summed E-state index contributed by atoms with van der Waals surface area (Å²) in [6.45, 7) is 0.504. The van der Waals surface area contributed by atoms with Crippen molar-refractivity contribution in [3.8, 4) is 5.75 Å². The molecule has 0 saturated carbocycles. The zero-order chi connectivity index (χ0) is 22.2. The Hall–Kier alpha value is -3.40. The molecule has 0 amide bonds. The molecular weight excluding hydrogens is 446 g/mol. The number of hydrogen-bond acceptors (Lipinski definition) is 3. The first-order valence-electron chi connectivity index (χ1n) is 10.8. The van der Waals surface area contributed by atoms with Crippen molar-refractivity contribution < 1.29 is 4.74 Å². The number of hydrogen-bond donors (Lipinski definition) is 0. The van der Waals surface area contributed by atoms with Gasteiger partial charge in [0, 0.05) is 26.9 Å². The van der Waals surface area contributed by atoms with Crippen LogP contribution in [0.15, 0.2) is 119 Å². The predicted octanol–water partition coefficient (Wildman–Crippen LogP) is 9.01. The molecule has 0 unspecified atom stereocenters. The van der Waals surface area contributed by atoms with E-state index in [0.717, 1.165) is 33.3 Å². The first-order chi connectivity index (χ1) is 16.3. The molecule has 0 N–H and O–H groups in total. The summed E-state index contributed by atoms with van der Waals surface area (Å²) in [4.78, 5) is 4.59. The largest absolute Gasteiger partial charge is 0.488 e. The molecular formula is C29H20ClNOS. The lowest BCUT2D eigenvalue weighted by Gasteiger charge is -2.28. The zero-order valence-electron chi connectivity index (χ0n) is 17.7. The highest BCUT2D eigenvalue weighted by Gasteiger charge is 2.23. The maximum absolute atomic E-state index is 6.23. The van der Waals surface area contributed by atoms with Crippen LogP contribution in [0.4, 0.5) is 17.1 Å². The van der Waals surface area contributed by atoms with E-state index in [1.807, 2.05) is 18.2 Å². The lowest BCUT2D eigenvalue weighted by atomic mass is 10.1. The van der Waals surface area contributed by atoms with Crippen LogP contribution in [0, 0.1) is 0 Å². The molecule has 0 spiro atoms. The molecule has 6 rings (SSSR count). The van der Waals surface area contributed by atoms with E-state index in [9.17, 15) is 0 Å². The van der Waals surface area contributed by atoms with Crippen LogP contribution >= 0.6 is 23.4 Å². The Morgan fingerprint density at radius 2 is 1.52 bits per heavy atom. The second-order valence-electron chi connectivity index (χ2n) is 7.95. The Bertz CT molecular complexity index is 1470. The summed E-state index contributed by atoms with van der Waals surface area (Å²) >= 11 is 7.97. The number of fused-ring (bicyclic) bond motifs is 3. The molecule has 0 atom stereocenters. The van der Waals surface area contributed by atoms with Gasteiger partial charge in [0.2, 0.25) is 0 Å². The third kappa shape index (κ3) is 3.84. The quantitative estimate of drug-likeness (QED) is 0.263. The maximum Gasteiger partial charge on any atom is 0.135 e. The van der Waals surface area contributed by atoms with Crippen LogP contribution in [0.3, 0.4) is 0 Å². The normalized spacial score (nSPS) is 12.4. The Morgan fingerprint density at radius 1 is 0.697 bits per heavy atom. The Kier molecular flexibility index (Phi) is 5.21. The van der Waals surface area contributed by atoms with Gasteiger partial charge in [-0.05, 0) is 59.3 Å². The zero-order valence-corrected chi connectivity index (χ0v) is 19.3. The average Bonchev–Trinajstić information content (AvgIpc) is 3.04. The van der Waals surface area contributed by atoms with E-state index in [0.29, 0.717) is 11.6 Å². The van der Waals surface area contributed by atoms with Gasteiger partial charge in [-0.15, -0.1) is 0 Å². The summed E-state index contributed by atoms with van der Waals surface area (Å²) in [7, 11) is 0. The summed E-state index contributed by atoms with van der Waals surface area (Å²) in [5, 5.41) is 3.13. The minimum atomic E-state index is 0.504. The molecule has 1 heterocycles. The molecule has 1 aliphatic heterocycles. The second-order valence-corrected chi connectivity index (χ2v) is 9.44. The molecule has 0 aromatic heterocycles. The fraction of sp³-hybridized carbons (Fsp3) is 0.0345. The fourth-order valence-electron chi connectivity index (χ4n) is 4.24. The SMILES string of the molecule is Clc1ccc2c(c1)OCc1cccc(N(c3ccccc3)c3ccc4ccccc4c3)c1S2. The van der Waals surface area contributed by atoms with Crippen LogP contribution in [0.5, 0.6) is 5.75 Å². The fourth-order valence-corrected chi connectivity index (χ4v) is 5.50. The van der Waals surface area contributed by atoms with Gasteiger partial charge in [0.05, 0.1) is 10.6 Å². The van der Waals surface area contributed by atoms with Crippen molar-refractivity contribution in [2.45, 2.75) is 16.4 Å². The van der Waals surface area contributed by atoms with Crippen molar-refractivity contribution in [1.82, 2.24) is 0 Å². The van der Waals surface area contributed by atoms with Crippen molar-refractivity contribution in [1.29, 1.82) is 0 Å². The van der Waals surface area contributed by atoms with Crippen molar-refractivity contribution >= 4 is 51.2 Å². The average molecular weight is 466 g/mol. The van der Waals surface area contributed by atoms with Crippen LogP contribution in [0.1, 0.15) is 5.56 Å². The number of anilines is 3. The van der Waals surface area contributed by atoms with E-state index in [-0.39, 0.29) is 0 Å². The maximum atomic E-state index is 6.23. The van der Waals surface area contributed by atoms with Gasteiger partial charge < -0.3 is 9.64 Å². The smallest absolute Gasteiger partial charge is 0.135 e. The molecule has 4 heteroatoms. The monoisotopic (exact) mass is 465 g/mol. The molecule has 0 bridgehead atoms. The van der Waals surface area contributed by atoms with Gasteiger partial charge >= 0.3 is 0 Å². The van der Waals surface area contributed by atoms with Crippen molar-refractivity contribution in [3.05, 3.63) is 120 Å². The molecule has 1 aliphatic rings. The Balaban J connectivity index is 1.55. The number of para-hydroxylation sites is 1. The lowest BCUT2D eigenvalue weighted by molar-refractivity contribution is 0.298. The second kappa shape index (κ2) is 8.51. The molecule has 0 saturated heterocycles. The minimum absolute atomic E-state index is 0.504. The molecule has 5 aromatic rings. The molecule has 0 radical (unpaired) electrons. The highest BCUT2D eigenvalue weighted by molar-refractivity contribution is 7.99. The molecule has 2 nitrogen and oxygen atoms in total. The molecule has 5 aromatic carbocycles. The minimum Gasteiger partial charge on any atom is -0.488 e. The van der Waals surface area contributed by atoms with E-state index in [1.54, 1.807) is 11.8 Å². The Morgan fingerprint density at radius 3 is 2.39 bits per heavy atom. The summed E-state index contributed by atoms with van der Waals surface area (Å²) in [6, 6.07) is 37.9. The van der Waals surface area contributed by atoms with Crippen LogP contribution in [0.25, 0.3) is 10.8 Å². The van der Waals surface area contributed by atoms with Crippen LogP contribution in [-0.4, -0.2) is 0 Å². The molecule has 0 fully saturated rings. The number of nitrogens with zero attached hydrogens (tertiary/aromatic N) is 1. The number of ether oxygens (including phenoxy) is 1. The van der Waals surface area contributed by atoms with Gasteiger partial charge in [-0.2, -0.15) is 0 Å². The van der Waals surface area contributed by atoms with Gasteiger partial charge in [-0.1, -0.05) is 84.0 Å². The lowest BCUT2D eigenvalue weighted by Crippen LogP contribution is -2.12. The standard InChI is InChI=1S/C29H20ClNOS/c30-23-14-16-28-27(18-23)32-19-22-9-6-12-26(29(22)33-28)31(24-10-2-1-3-11-24)25-15-13-20-7-4-5-8-21(20)17-25/h1-18H,19H2. The van der Waals surface area contributed by atoms with Crippen molar-refractivity contribution in [3.63, 3.8) is 0 Å². The van der Waals surface area contributed by atoms with E-state index in [2.05, 4.69) is 95.9 Å². The first-order valence-corrected chi connectivity index (χ1v) is 12.0. The van der Waals surface area contributed by atoms with Gasteiger partial charge in [0.15, 0.2) is 0 Å². The van der Waals surface area contributed by atoms with Crippen LogP contribution < -0.4 is 9.64 Å². The van der Waals surface area contributed by atoms with Gasteiger partial charge in [-0.3, -0.25) is 0 Å². The number of rotatable bonds is 3. The molecule has 33 heavy (non-hydrogen) atoms. The van der Waals surface area contributed by atoms with Gasteiger partial charge in [0.25, 0.3) is 0 Å². The Labute approximate surface area is 202 Å². The first kappa shape index (κ1) is 20.2. The van der Waals surface area contributed by atoms with E-state index in [1.165, 1.54) is 15.7 Å². The van der Waals surface area contributed by atoms with Crippen LogP contribution in [0.2, 0.25) is 5.02 Å². The number of benzene rings is 5. The number of halogens is 1. The van der Waals surface area contributed by atoms with E-state index >= 15 is 0 Å².